The topological polar surface area (TPSA) is 54.2 Å². The van der Waals surface area contributed by atoms with Crippen LogP contribution >= 0.6 is 11.6 Å². The van der Waals surface area contributed by atoms with Gasteiger partial charge in [-0.3, -0.25) is 4.90 Å². The third-order valence-corrected chi connectivity index (χ3v) is 3.06. The first kappa shape index (κ1) is 14.2. The molecule has 0 aromatic carbocycles. The zero-order valence-electron chi connectivity index (χ0n) is 10.5. The summed E-state index contributed by atoms with van der Waals surface area (Å²) in [6.07, 6.45) is 2.39. The van der Waals surface area contributed by atoms with E-state index in [1.165, 1.54) is 12.8 Å². The normalized spacial score (nSPS) is 10.9. The highest BCUT2D eigenvalue weighted by Crippen LogP contribution is 2.18. The van der Waals surface area contributed by atoms with Crippen LogP contribution in [0.2, 0.25) is 5.02 Å². The van der Waals surface area contributed by atoms with Gasteiger partial charge in [0.15, 0.2) is 0 Å². The van der Waals surface area contributed by atoms with E-state index in [9.17, 15) is 0 Å². The van der Waals surface area contributed by atoms with Gasteiger partial charge >= 0.3 is 0 Å². The Morgan fingerprint density at radius 3 is 2.76 bits per heavy atom. The van der Waals surface area contributed by atoms with Crippen molar-refractivity contribution >= 4 is 17.4 Å². The fourth-order valence-electron chi connectivity index (χ4n) is 1.62. The average Bonchev–Trinajstić information content (AvgIpc) is 2.36. The predicted molar refractivity (Wildman–Crippen MR) is 72.9 cm³/mol. The second-order valence-corrected chi connectivity index (χ2v) is 4.40. The van der Waals surface area contributed by atoms with Crippen LogP contribution in [0.4, 0.5) is 5.82 Å². The molecule has 3 N–H and O–H groups in total. The number of hydrazine groups is 1. The molecule has 0 aliphatic heterocycles. The fourth-order valence-corrected chi connectivity index (χ4v) is 1.78. The molecule has 0 radical (unpaired) electrons. The number of unbranched alkanes of at least 4 members (excludes halogenated alkanes) is 1. The van der Waals surface area contributed by atoms with Crippen LogP contribution in [-0.2, 0) is 6.54 Å². The molecule has 1 heterocycles. The van der Waals surface area contributed by atoms with Gasteiger partial charge in [0.1, 0.15) is 5.82 Å². The third kappa shape index (κ3) is 4.50. The lowest BCUT2D eigenvalue weighted by molar-refractivity contribution is 0.272. The predicted octanol–water partition coefficient (Wildman–Crippen LogP) is 2.64. The maximum atomic E-state index is 6.13. The number of hydrogen-bond acceptors (Lipinski definition) is 4. The Morgan fingerprint density at radius 1 is 1.41 bits per heavy atom. The number of pyridine rings is 1. The van der Waals surface area contributed by atoms with Gasteiger partial charge in [-0.1, -0.05) is 31.9 Å². The van der Waals surface area contributed by atoms with Crippen molar-refractivity contribution in [2.75, 3.05) is 18.5 Å². The van der Waals surface area contributed by atoms with Gasteiger partial charge < -0.3 is 5.43 Å². The number of nitrogen functional groups attached to an aromatic ring is 1. The summed E-state index contributed by atoms with van der Waals surface area (Å²) in [5, 5.41) is 0.693. The van der Waals surface area contributed by atoms with Gasteiger partial charge in [-0.2, -0.15) is 0 Å². The van der Waals surface area contributed by atoms with Crippen LogP contribution in [0.15, 0.2) is 12.1 Å². The van der Waals surface area contributed by atoms with Crippen LogP contribution < -0.4 is 11.3 Å². The number of hydrogen-bond donors (Lipinski definition) is 2. The van der Waals surface area contributed by atoms with Gasteiger partial charge in [0.2, 0.25) is 0 Å². The van der Waals surface area contributed by atoms with Crippen LogP contribution in [0.25, 0.3) is 0 Å². The van der Waals surface area contributed by atoms with Gasteiger partial charge in [-0.25, -0.2) is 10.8 Å². The van der Waals surface area contributed by atoms with Crippen molar-refractivity contribution in [1.82, 2.24) is 9.88 Å². The van der Waals surface area contributed by atoms with Crippen molar-refractivity contribution in [3.05, 3.63) is 22.8 Å². The van der Waals surface area contributed by atoms with Crippen LogP contribution in [-0.4, -0.2) is 23.0 Å². The maximum absolute atomic E-state index is 6.13. The molecule has 17 heavy (non-hydrogen) atoms. The Labute approximate surface area is 108 Å². The SMILES string of the molecule is CCCCN(CC)Cc1nc(NN)ccc1Cl. The molecule has 4 nitrogen and oxygen atoms in total. The molecule has 0 saturated carbocycles. The molecule has 0 spiro atoms. The number of anilines is 1. The third-order valence-electron chi connectivity index (χ3n) is 2.71. The molecular formula is C12H21ClN4. The zero-order valence-corrected chi connectivity index (χ0v) is 11.3. The van der Waals surface area contributed by atoms with Crippen molar-refractivity contribution < 1.29 is 0 Å². The number of nitrogens with two attached hydrogens (primary N) is 1. The van der Waals surface area contributed by atoms with E-state index in [0.29, 0.717) is 10.8 Å². The Hall–Kier alpha value is -0.840. The molecule has 0 fully saturated rings. The summed E-state index contributed by atoms with van der Waals surface area (Å²) >= 11 is 6.13. The summed E-state index contributed by atoms with van der Waals surface area (Å²) in [5.41, 5.74) is 3.42. The minimum absolute atomic E-state index is 0.649. The molecule has 0 saturated heterocycles. The Bertz CT molecular complexity index is 343. The van der Waals surface area contributed by atoms with Crippen molar-refractivity contribution in [1.29, 1.82) is 0 Å². The molecule has 0 atom stereocenters. The summed E-state index contributed by atoms with van der Waals surface area (Å²) in [6, 6.07) is 3.60. The lowest BCUT2D eigenvalue weighted by Crippen LogP contribution is -2.25. The molecular weight excluding hydrogens is 236 g/mol. The molecule has 0 unspecified atom stereocenters. The summed E-state index contributed by atoms with van der Waals surface area (Å²) in [6.45, 7) is 7.18. The highest BCUT2D eigenvalue weighted by Gasteiger charge is 2.08. The quantitative estimate of drug-likeness (QED) is 0.582. The molecule has 1 aromatic heterocycles. The number of nitrogens with zero attached hydrogens (tertiary/aromatic N) is 2. The first-order valence-electron chi connectivity index (χ1n) is 6.05. The van der Waals surface area contributed by atoms with Crippen LogP contribution in [0.3, 0.4) is 0 Å². The first-order valence-corrected chi connectivity index (χ1v) is 6.43. The highest BCUT2D eigenvalue weighted by atomic mass is 35.5. The molecule has 5 heteroatoms. The largest absolute Gasteiger partial charge is 0.308 e. The molecule has 0 aliphatic carbocycles. The van der Waals surface area contributed by atoms with E-state index in [2.05, 4.69) is 29.2 Å². The Balaban J connectivity index is 2.70. The summed E-state index contributed by atoms with van der Waals surface area (Å²) < 4.78 is 0. The van der Waals surface area contributed by atoms with E-state index < -0.39 is 0 Å². The van der Waals surface area contributed by atoms with Gasteiger partial charge in [0.25, 0.3) is 0 Å². The summed E-state index contributed by atoms with van der Waals surface area (Å²) in [7, 11) is 0. The highest BCUT2D eigenvalue weighted by molar-refractivity contribution is 6.31. The molecule has 1 aromatic rings. The van der Waals surface area contributed by atoms with E-state index in [1.54, 1.807) is 6.07 Å². The monoisotopic (exact) mass is 256 g/mol. The minimum Gasteiger partial charge on any atom is -0.308 e. The lowest BCUT2D eigenvalue weighted by atomic mass is 10.2. The number of nitrogens with one attached hydrogen (secondary N) is 1. The standard InChI is InChI=1S/C12H21ClN4/c1-3-5-8-17(4-2)9-11-10(13)6-7-12(15-11)16-14/h6-7H,3-5,8-9,14H2,1-2H3,(H,15,16). The second-order valence-electron chi connectivity index (χ2n) is 3.99. The second kappa shape index (κ2) is 7.48. The van der Waals surface area contributed by atoms with Crippen molar-refractivity contribution in [3.63, 3.8) is 0 Å². The minimum atomic E-state index is 0.649. The average molecular weight is 257 g/mol. The lowest BCUT2D eigenvalue weighted by Gasteiger charge is -2.20. The Morgan fingerprint density at radius 2 is 2.18 bits per heavy atom. The smallest absolute Gasteiger partial charge is 0.140 e. The molecule has 0 bridgehead atoms. The van der Waals surface area contributed by atoms with E-state index >= 15 is 0 Å². The maximum Gasteiger partial charge on any atom is 0.140 e. The van der Waals surface area contributed by atoms with Crippen molar-refractivity contribution in [3.8, 4) is 0 Å². The van der Waals surface area contributed by atoms with Crippen molar-refractivity contribution in [2.24, 2.45) is 5.84 Å². The summed E-state index contributed by atoms with van der Waals surface area (Å²) in [4.78, 5) is 6.71. The number of aromatic nitrogens is 1. The van der Waals surface area contributed by atoms with Gasteiger partial charge in [-0.05, 0) is 31.6 Å². The van der Waals surface area contributed by atoms with Crippen LogP contribution in [0.5, 0.6) is 0 Å². The van der Waals surface area contributed by atoms with Crippen LogP contribution in [0, 0.1) is 0 Å². The number of rotatable bonds is 7. The first-order chi connectivity index (χ1) is 8.21. The van der Waals surface area contributed by atoms with Gasteiger partial charge in [-0.15, -0.1) is 0 Å². The van der Waals surface area contributed by atoms with Gasteiger partial charge in [0.05, 0.1) is 10.7 Å². The van der Waals surface area contributed by atoms with E-state index in [0.717, 1.165) is 25.3 Å². The molecule has 1 rings (SSSR count). The van der Waals surface area contributed by atoms with Gasteiger partial charge in [0, 0.05) is 6.54 Å². The zero-order chi connectivity index (χ0) is 12.7. The van der Waals surface area contributed by atoms with Crippen LogP contribution in [0.1, 0.15) is 32.4 Å². The summed E-state index contributed by atoms with van der Waals surface area (Å²) in [5.74, 6) is 5.99. The fraction of sp³-hybridized carbons (Fsp3) is 0.583. The molecule has 0 aliphatic rings. The Kier molecular flexibility index (Phi) is 6.26. The van der Waals surface area contributed by atoms with E-state index in [1.807, 2.05) is 6.07 Å². The molecule has 0 amide bonds. The van der Waals surface area contributed by atoms with E-state index in [4.69, 9.17) is 17.4 Å². The van der Waals surface area contributed by atoms with E-state index in [-0.39, 0.29) is 0 Å². The van der Waals surface area contributed by atoms with Crippen molar-refractivity contribution in [2.45, 2.75) is 33.2 Å². The molecule has 96 valence electrons. The number of halogens is 1.